The van der Waals surface area contributed by atoms with Crippen molar-refractivity contribution in [1.82, 2.24) is 5.32 Å². The van der Waals surface area contributed by atoms with E-state index in [1.165, 1.54) is 42.8 Å². The Balaban J connectivity index is 1.76. The van der Waals surface area contributed by atoms with Crippen LogP contribution in [0.2, 0.25) is 0 Å². The summed E-state index contributed by atoms with van der Waals surface area (Å²) in [6, 6.07) is 9.47. The van der Waals surface area contributed by atoms with Crippen LogP contribution in [0.4, 0.5) is 0 Å². The average Bonchev–Trinajstić information content (AvgIpc) is 2.88. The maximum Gasteiger partial charge on any atom is 0.0406 e. The fourth-order valence-electron chi connectivity index (χ4n) is 3.30. The molecule has 98 valence electrons. The first-order chi connectivity index (χ1) is 8.78. The molecule has 1 nitrogen and oxygen atoms in total. The van der Waals surface area contributed by atoms with E-state index >= 15 is 0 Å². The molecule has 1 N–H and O–H groups in total. The lowest BCUT2D eigenvalue weighted by molar-refractivity contribution is 0.434. The van der Waals surface area contributed by atoms with Gasteiger partial charge in [-0.25, -0.2) is 0 Å². The van der Waals surface area contributed by atoms with Crippen molar-refractivity contribution in [1.29, 1.82) is 0 Å². The molecule has 0 amide bonds. The van der Waals surface area contributed by atoms with E-state index in [2.05, 4.69) is 48.3 Å². The summed E-state index contributed by atoms with van der Waals surface area (Å²) in [5.74, 6) is 3.49. The summed E-state index contributed by atoms with van der Waals surface area (Å²) in [6.07, 6.45) is 5.30. The topological polar surface area (TPSA) is 12.0 Å². The number of nitrogens with one attached hydrogen (secondary N) is 1. The van der Waals surface area contributed by atoms with Gasteiger partial charge in [-0.1, -0.05) is 24.3 Å². The molecule has 2 aliphatic rings. The van der Waals surface area contributed by atoms with Crippen LogP contribution in [-0.2, 0) is 5.54 Å². The molecular weight excluding hydrogens is 238 g/mol. The molecule has 0 aromatic heterocycles. The Labute approximate surface area is 115 Å². The highest BCUT2D eigenvalue weighted by Crippen LogP contribution is 2.34. The minimum atomic E-state index is 0.223. The highest BCUT2D eigenvalue weighted by atomic mass is 32.2. The fourth-order valence-corrected chi connectivity index (χ4v) is 4.40. The molecule has 2 heteroatoms. The highest BCUT2D eigenvalue weighted by molar-refractivity contribution is 7.99. The second-order valence-corrected chi connectivity index (χ2v) is 7.10. The maximum atomic E-state index is 3.64. The van der Waals surface area contributed by atoms with E-state index < -0.39 is 0 Å². The second-order valence-electron chi connectivity index (χ2n) is 5.87. The van der Waals surface area contributed by atoms with Gasteiger partial charge in [-0.05, 0) is 67.7 Å². The van der Waals surface area contributed by atoms with Crippen molar-refractivity contribution in [3.63, 3.8) is 0 Å². The van der Waals surface area contributed by atoms with Gasteiger partial charge in [-0.15, -0.1) is 0 Å². The Morgan fingerprint density at radius 1 is 1.17 bits per heavy atom. The Morgan fingerprint density at radius 3 is 2.50 bits per heavy atom. The van der Waals surface area contributed by atoms with Crippen LogP contribution in [0.25, 0.3) is 0 Å². The van der Waals surface area contributed by atoms with Gasteiger partial charge in [0.25, 0.3) is 0 Å². The van der Waals surface area contributed by atoms with Crippen LogP contribution in [0, 0.1) is 0 Å². The minimum Gasteiger partial charge on any atom is -0.308 e. The third-order valence-corrected chi connectivity index (χ3v) is 5.66. The minimum absolute atomic E-state index is 0.223. The molecule has 2 fully saturated rings. The van der Waals surface area contributed by atoms with Gasteiger partial charge >= 0.3 is 0 Å². The van der Waals surface area contributed by atoms with Gasteiger partial charge in [0.05, 0.1) is 0 Å². The van der Waals surface area contributed by atoms with Crippen LogP contribution in [0.15, 0.2) is 24.3 Å². The zero-order valence-electron chi connectivity index (χ0n) is 11.2. The fraction of sp³-hybridized carbons (Fsp3) is 0.625. The van der Waals surface area contributed by atoms with Crippen LogP contribution >= 0.6 is 11.8 Å². The molecule has 3 rings (SSSR count). The van der Waals surface area contributed by atoms with Gasteiger partial charge in [0, 0.05) is 5.54 Å². The predicted octanol–water partition coefficient (Wildman–Crippen LogP) is 3.90. The van der Waals surface area contributed by atoms with Gasteiger partial charge in [0.1, 0.15) is 0 Å². The van der Waals surface area contributed by atoms with E-state index in [1.54, 1.807) is 5.56 Å². The summed E-state index contributed by atoms with van der Waals surface area (Å²) < 4.78 is 0. The van der Waals surface area contributed by atoms with Gasteiger partial charge < -0.3 is 5.32 Å². The van der Waals surface area contributed by atoms with Crippen LogP contribution in [-0.4, -0.2) is 18.1 Å². The molecule has 0 radical (unpaired) electrons. The van der Waals surface area contributed by atoms with Crippen LogP contribution in [0.3, 0.4) is 0 Å². The first kappa shape index (κ1) is 12.6. The molecule has 18 heavy (non-hydrogen) atoms. The molecule has 1 aromatic rings. The van der Waals surface area contributed by atoms with E-state index in [4.69, 9.17) is 0 Å². The second kappa shape index (κ2) is 5.26. The molecule has 0 spiro atoms. The summed E-state index contributed by atoms with van der Waals surface area (Å²) in [4.78, 5) is 0. The van der Waals surface area contributed by atoms with Gasteiger partial charge in [-0.3, -0.25) is 0 Å². The SMILES string of the molecule is CC1(c2ccc(C3CCSCC3)cc2)CCCN1. The van der Waals surface area contributed by atoms with Crippen molar-refractivity contribution < 1.29 is 0 Å². The summed E-state index contributed by atoms with van der Waals surface area (Å²) in [7, 11) is 0. The summed E-state index contributed by atoms with van der Waals surface area (Å²) in [5.41, 5.74) is 3.25. The normalized spacial score (nSPS) is 29.6. The molecule has 0 bridgehead atoms. The Morgan fingerprint density at radius 2 is 1.89 bits per heavy atom. The number of hydrogen-bond donors (Lipinski definition) is 1. The average molecular weight is 261 g/mol. The predicted molar refractivity (Wildman–Crippen MR) is 80.3 cm³/mol. The zero-order valence-corrected chi connectivity index (χ0v) is 12.1. The lowest BCUT2D eigenvalue weighted by Gasteiger charge is -2.26. The standard InChI is InChI=1S/C16H23NS/c1-16(9-2-10-17-16)15-5-3-13(4-6-15)14-7-11-18-12-8-14/h3-6,14,17H,2,7-12H2,1H3. The zero-order chi connectivity index (χ0) is 12.4. The van der Waals surface area contributed by atoms with E-state index in [0.29, 0.717) is 0 Å². The van der Waals surface area contributed by atoms with Crippen LogP contribution in [0.1, 0.15) is 49.7 Å². The quantitative estimate of drug-likeness (QED) is 0.866. The van der Waals surface area contributed by atoms with Gasteiger partial charge in [0.15, 0.2) is 0 Å². The largest absolute Gasteiger partial charge is 0.308 e. The van der Waals surface area contributed by atoms with Crippen LogP contribution < -0.4 is 5.32 Å². The molecule has 1 aromatic carbocycles. The first-order valence-electron chi connectivity index (χ1n) is 7.21. The molecule has 2 saturated heterocycles. The highest BCUT2D eigenvalue weighted by Gasteiger charge is 2.29. The molecule has 0 aliphatic carbocycles. The van der Waals surface area contributed by atoms with Crippen molar-refractivity contribution in [2.45, 2.75) is 44.1 Å². The van der Waals surface area contributed by atoms with Crippen molar-refractivity contribution in [3.8, 4) is 0 Å². The monoisotopic (exact) mass is 261 g/mol. The molecule has 1 unspecified atom stereocenters. The van der Waals surface area contributed by atoms with E-state index in [9.17, 15) is 0 Å². The Hall–Kier alpha value is -0.470. The lowest BCUT2D eigenvalue weighted by atomic mass is 9.87. The molecule has 0 saturated carbocycles. The van der Waals surface area contributed by atoms with E-state index in [0.717, 1.165) is 12.5 Å². The number of thioether (sulfide) groups is 1. The van der Waals surface area contributed by atoms with Gasteiger partial charge in [-0.2, -0.15) is 11.8 Å². The van der Waals surface area contributed by atoms with Crippen LogP contribution in [0.5, 0.6) is 0 Å². The van der Waals surface area contributed by atoms with E-state index in [1.807, 2.05) is 0 Å². The van der Waals surface area contributed by atoms with E-state index in [-0.39, 0.29) is 5.54 Å². The first-order valence-corrected chi connectivity index (χ1v) is 8.37. The van der Waals surface area contributed by atoms with Gasteiger partial charge in [0.2, 0.25) is 0 Å². The molecular formula is C16H23NS. The lowest BCUT2D eigenvalue weighted by Crippen LogP contribution is -2.33. The molecule has 1 atom stereocenters. The Kier molecular flexibility index (Phi) is 3.67. The van der Waals surface area contributed by atoms with Crippen molar-refractivity contribution in [3.05, 3.63) is 35.4 Å². The summed E-state index contributed by atoms with van der Waals surface area (Å²) in [6.45, 7) is 3.50. The third kappa shape index (κ3) is 2.46. The molecule has 2 aliphatic heterocycles. The maximum absolute atomic E-state index is 3.64. The number of rotatable bonds is 2. The number of hydrogen-bond acceptors (Lipinski definition) is 2. The third-order valence-electron chi connectivity index (χ3n) is 4.61. The summed E-state index contributed by atoms with van der Waals surface area (Å²) in [5, 5.41) is 3.64. The van der Waals surface area contributed by atoms with Crippen molar-refractivity contribution in [2.24, 2.45) is 0 Å². The Bertz CT molecular complexity index is 386. The van der Waals surface area contributed by atoms with Crippen molar-refractivity contribution in [2.75, 3.05) is 18.1 Å². The number of benzene rings is 1. The summed E-state index contributed by atoms with van der Waals surface area (Å²) >= 11 is 2.11. The smallest absolute Gasteiger partial charge is 0.0406 e. The van der Waals surface area contributed by atoms with Crippen molar-refractivity contribution >= 4 is 11.8 Å². The molecule has 2 heterocycles.